The van der Waals surface area contributed by atoms with Gasteiger partial charge in [-0.2, -0.15) is 5.10 Å². The molecule has 0 aromatic carbocycles. The van der Waals surface area contributed by atoms with E-state index in [-0.39, 0.29) is 18.1 Å². The first-order valence-corrected chi connectivity index (χ1v) is 6.92. The largest absolute Gasteiger partial charge is 0.383 e. The van der Waals surface area contributed by atoms with Crippen molar-refractivity contribution in [2.75, 3.05) is 27.4 Å². The van der Waals surface area contributed by atoms with Gasteiger partial charge in [-0.3, -0.25) is 9.48 Å². The lowest BCUT2D eigenvalue weighted by Crippen LogP contribution is -2.38. The summed E-state index contributed by atoms with van der Waals surface area (Å²) in [7, 11) is 5.24. The number of ether oxygens (including phenoxy) is 2. The quantitative estimate of drug-likeness (QED) is 0.767. The zero-order valence-corrected chi connectivity index (χ0v) is 12.4. The summed E-state index contributed by atoms with van der Waals surface area (Å²) >= 11 is 0. The molecule has 2 atom stereocenters. The number of hydrogen-bond acceptors (Lipinski definition) is 4. The summed E-state index contributed by atoms with van der Waals surface area (Å²) < 4.78 is 12.3. The van der Waals surface area contributed by atoms with Gasteiger partial charge in [0.2, 0.25) is 5.91 Å². The van der Waals surface area contributed by atoms with Crippen molar-refractivity contribution in [1.29, 1.82) is 0 Å². The Morgan fingerprint density at radius 3 is 2.90 bits per heavy atom. The maximum atomic E-state index is 12.4. The van der Waals surface area contributed by atoms with E-state index in [1.807, 2.05) is 24.3 Å². The molecule has 20 heavy (non-hydrogen) atoms. The van der Waals surface area contributed by atoms with Crippen LogP contribution in [0.5, 0.6) is 0 Å². The van der Waals surface area contributed by atoms with Gasteiger partial charge in [0.1, 0.15) is 0 Å². The summed E-state index contributed by atoms with van der Waals surface area (Å²) in [4.78, 5) is 14.3. The van der Waals surface area contributed by atoms with E-state index in [9.17, 15) is 4.79 Å². The second-order valence-corrected chi connectivity index (χ2v) is 5.27. The lowest BCUT2D eigenvalue weighted by molar-refractivity contribution is -0.133. The predicted molar refractivity (Wildman–Crippen MR) is 74.3 cm³/mol. The Morgan fingerprint density at radius 1 is 1.50 bits per heavy atom. The van der Waals surface area contributed by atoms with E-state index in [1.54, 1.807) is 18.9 Å². The first kappa shape index (κ1) is 15.0. The molecule has 2 heterocycles. The van der Waals surface area contributed by atoms with E-state index in [0.717, 1.165) is 18.4 Å². The number of nitrogens with zero attached hydrogens (tertiary/aromatic N) is 3. The van der Waals surface area contributed by atoms with Crippen molar-refractivity contribution in [2.45, 2.75) is 31.4 Å². The van der Waals surface area contributed by atoms with Gasteiger partial charge >= 0.3 is 0 Å². The van der Waals surface area contributed by atoms with Crippen LogP contribution in [0.15, 0.2) is 12.4 Å². The summed E-state index contributed by atoms with van der Waals surface area (Å²) in [6, 6.07) is 0.131. The lowest BCUT2D eigenvalue weighted by atomic mass is 10.1. The molecule has 6 heteroatoms. The Kier molecular flexibility index (Phi) is 5.14. The van der Waals surface area contributed by atoms with Crippen molar-refractivity contribution in [2.24, 2.45) is 7.05 Å². The molecule has 0 radical (unpaired) electrons. The number of hydrogen-bond donors (Lipinski definition) is 0. The van der Waals surface area contributed by atoms with Crippen LogP contribution in [0.2, 0.25) is 0 Å². The van der Waals surface area contributed by atoms with E-state index in [1.165, 1.54) is 0 Å². The van der Waals surface area contributed by atoms with E-state index in [0.29, 0.717) is 19.6 Å². The first-order chi connectivity index (χ1) is 9.63. The molecular formula is C14H23N3O3. The van der Waals surface area contributed by atoms with E-state index >= 15 is 0 Å². The molecular weight excluding hydrogens is 258 g/mol. The van der Waals surface area contributed by atoms with Gasteiger partial charge in [0, 0.05) is 40.4 Å². The number of likely N-dealkylation sites (tertiary alicyclic amines) is 1. The van der Waals surface area contributed by atoms with Crippen LogP contribution >= 0.6 is 0 Å². The van der Waals surface area contributed by atoms with Gasteiger partial charge in [-0.25, -0.2) is 0 Å². The average molecular weight is 281 g/mol. The van der Waals surface area contributed by atoms with Gasteiger partial charge in [0.15, 0.2) is 0 Å². The summed E-state index contributed by atoms with van der Waals surface area (Å²) in [5.74, 6) is 0.162. The van der Waals surface area contributed by atoms with Gasteiger partial charge in [0.25, 0.3) is 0 Å². The SMILES string of the molecule is COC[C@@H]1C[C@H](OC)CN1C(=O)CCc1cnn(C)c1. The highest BCUT2D eigenvalue weighted by Gasteiger charge is 2.34. The highest BCUT2D eigenvalue weighted by atomic mass is 16.5. The number of carbonyl (C=O) groups is 1. The number of aryl methyl sites for hydroxylation is 2. The topological polar surface area (TPSA) is 56.6 Å². The lowest BCUT2D eigenvalue weighted by Gasteiger charge is -2.23. The molecule has 0 N–H and O–H groups in total. The van der Waals surface area contributed by atoms with Crippen molar-refractivity contribution in [1.82, 2.24) is 14.7 Å². The molecule has 1 aromatic rings. The molecule has 1 fully saturated rings. The monoisotopic (exact) mass is 281 g/mol. The van der Waals surface area contributed by atoms with Crippen LogP contribution in [0.4, 0.5) is 0 Å². The van der Waals surface area contributed by atoms with Gasteiger partial charge in [0.05, 0.1) is 24.9 Å². The molecule has 0 bridgehead atoms. The number of methoxy groups -OCH3 is 2. The van der Waals surface area contributed by atoms with Crippen molar-refractivity contribution in [3.8, 4) is 0 Å². The minimum atomic E-state index is 0.123. The van der Waals surface area contributed by atoms with Crippen LogP contribution < -0.4 is 0 Å². The molecule has 1 amide bonds. The van der Waals surface area contributed by atoms with Gasteiger partial charge < -0.3 is 14.4 Å². The predicted octanol–water partition coefficient (Wildman–Crippen LogP) is 0.615. The van der Waals surface area contributed by atoms with Gasteiger partial charge in [-0.15, -0.1) is 0 Å². The Hall–Kier alpha value is -1.40. The Labute approximate surface area is 119 Å². The fourth-order valence-electron chi connectivity index (χ4n) is 2.70. The maximum Gasteiger partial charge on any atom is 0.223 e. The highest BCUT2D eigenvalue weighted by Crippen LogP contribution is 2.21. The third-order valence-corrected chi connectivity index (χ3v) is 3.77. The zero-order valence-electron chi connectivity index (χ0n) is 12.4. The molecule has 2 rings (SSSR count). The van der Waals surface area contributed by atoms with E-state index in [2.05, 4.69) is 5.10 Å². The first-order valence-electron chi connectivity index (χ1n) is 6.92. The molecule has 0 unspecified atom stereocenters. The van der Waals surface area contributed by atoms with Crippen molar-refractivity contribution in [3.05, 3.63) is 18.0 Å². The Balaban J connectivity index is 1.89. The third kappa shape index (κ3) is 3.58. The van der Waals surface area contributed by atoms with Gasteiger partial charge in [-0.1, -0.05) is 0 Å². The van der Waals surface area contributed by atoms with E-state index in [4.69, 9.17) is 9.47 Å². The average Bonchev–Trinajstić information content (AvgIpc) is 3.03. The summed E-state index contributed by atoms with van der Waals surface area (Å²) in [5, 5.41) is 4.11. The summed E-state index contributed by atoms with van der Waals surface area (Å²) in [6.07, 6.45) is 5.95. The molecule has 0 spiro atoms. The molecule has 1 aliphatic heterocycles. The molecule has 1 saturated heterocycles. The van der Waals surface area contributed by atoms with Crippen LogP contribution in [0.3, 0.4) is 0 Å². The van der Waals surface area contributed by atoms with Crippen LogP contribution in [0.1, 0.15) is 18.4 Å². The number of amides is 1. The fourth-order valence-corrected chi connectivity index (χ4v) is 2.70. The van der Waals surface area contributed by atoms with Crippen LogP contribution in [-0.4, -0.2) is 60.1 Å². The van der Waals surface area contributed by atoms with Crippen LogP contribution in [-0.2, 0) is 27.7 Å². The minimum absolute atomic E-state index is 0.123. The smallest absolute Gasteiger partial charge is 0.223 e. The van der Waals surface area contributed by atoms with Crippen LogP contribution in [0.25, 0.3) is 0 Å². The number of aromatic nitrogens is 2. The Bertz CT molecular complexity index is 447. The highest BCUT2D eigenvalue weighted by molar-refractivity contribution is 5.77. The molecule has 0 saturated carbocycles. The maximum absolute atomic E-state index is 12.4. The van der Waals surface area contributed by atoms with E-state index < -0.39 is 0 Å². The minimum Gasteiger partial charge on any atom is -0.383 e. The summed E-state index contributed by atoms with van der Waals surface area (Å²) in [5.41, 5.74) is 1.09. The molecule has 0 aliphatic carbocycles. The zero-order chi connectivity index (χ0) is 14.5. The van der Waals surface area contributed by atoms with Crippen molar-refractivity contribution < 1.29 is 14.3 Å². The fraction of sp³-hybridized carbons (Fsp3) is 0.714. The number of rotatable bonds is 6. The molecule has 112 valence electrons. The standard InChI is InChI=1S/C14H23N3O3/c1-16-8-11(7-15-16)4-5-14(18)17-9-13(20-3)6-12(17)10-19-2/h7-8,12-13H,4-6,9-10H2,1-3H3/t12-,13-/m0/s1. The molecule has 1 aliphatic rings. The molecule has 1 aromatic heterocycles. The summed E-state index contributed by atoms with van der Waals surface area (Å²) in [6.45, 7) is 1.23. The second-order valence-electron chi connectivity index (χ2n) is 5.27. The Morgan fingerprint density at radius 2 is 2.30 bits per heavy atom. The molecule has 6 nitrogen and oxygen atoms in total. The van der Waals surface area contributed by atoms with Gasteiger partial charge in [-0.05, 0) is 18.4 Å². The second kappa shape index (κ2) is 6.85. The number of carbonyl (C=O) groups excluding carboxylic acids is 1. The third-order valence-electron chi connectivity index (χ3n) is 3.77. The van der Waals surface area contributed by atoms with Crippen LogP contribution in [0, 0.1) is 0 Å². The van der Waals surface area contributed by atoms with Crippen molar-refractivity contribution >= 4 is 5.91 Å². The normalized spacial score (nSPS) is 22.4. The van der Waals surface area contributed by atoms with Crippen molar-refractivity contribution in [3.63, 3.8) is 0 Å².